The van der Waals surface area contributed by atoms with Crippen LogP contribution in [0.1, 0.15) is 66.5 Å². The first-order valence-corrected chi connectivity index (χ1v) is 13.8. The lowest BCUT2D eigenvalue weighted by atomic mass is 9.95. The summed E-state index contributed by atoms with van der Waals surface area (Å²) in [4.78, 5) is 27.4. The Bertz CT molecular complexity index is 1550. The second kappa shape index (κ2) is 11.0. The Morgan fingerprint density at radius 2 is 1.76 bits per heavy atom. The molecule has 0 spiro atoms. The number of aryl methyl sites for hydroxylation is 3. The van der Waals surface area contributed by atoms with Gasteiger partial charge in [-0.1, -0.05) is 35.4 Å². The Labute approximate surface area is 231 Å². The van der Waals surface area contributed by atoms with Crippen molar-refractivity contribution in [3.8, 4) is 5.00 Å². The average molecular weight is 545 g/mol. The lowest BCUT2D eigenvalue weighted by molar-refractivity contribution is 0.0954. The monoisotopic (exact) mass is 544 g/mol. The minimum atomic E-state index is -0.335. The molecular weight excluding hydrogens is 516 g/mol. The van der Waals surface area contributed by atoms with E-state index in [9.17, 15) is 9.59 Å². The number of fused-ring (bicyclic) bond motifs is 1. The van der Waals surface area contributed by atoms with Crippen molar-refractivity contribution < 1.29 is 9.59 Å². The Kier molecular flexibility index (Phi) is 7.49. The number of hydrogen-bond acceptors (Lipinski definition) is 4. The molecule has 5 rings (SSSR count). The third-order valence-corrected chi connectivity index (χ3v) is 8.33. The van der Waals surface area contributed by atoms with Crippen molar-refractivity contribution in [1.29, 1.82) is 0 Å². The van der Waals surface area contributed by atoms with E-state index in [1.807, 2.05) is 51.1 Å². The number of nitrogens with one attached hydrogen (secondary N) is 2. The van der Waals surface area contributed by atoms with Crippen LogP contribution in [0.3, 0.4) is 0 Å². The number of carbonyl (C=O) groups excluding carboxylic acids is 2. The maximum Gasteiger partial charge on any atom is 0.271 e. The molecule has 0 atom stereocenters. The van der Waals surface area contributed by atoms with E-state index in [1.165, 1.54) is 4.88 Å². The lowest BCUT2D eigenvalue weighted by Crippen LogP contribution is -2.17. The molecule has 0 bridgehead atoms. The molecule has 2 aromatic heterocycles. The summed E-state index contributed by atoms with van der Waals surface area (Å²) < 4.78 is 2.13. The predicted molar refractivity (Wildman–Crippen MR) is 155 cm³/mol. The fourth-order valence-electron chi connectivity index (χ4n) is 4.86. The minimum Gasteiger partial charge on any atom is -0.322 e. The molecule has 2 N–H and O–H groups in total. The maximum atomic E-state index is 13.7. The van der Waals surface area contributed by atoms with E-state index in [-0.39, 0.29) is 11.8 Å². The maximum absolute atomic E-state index is 13.7. The van der Waals surface area contributed by atoms with Gasteiger partial charge in [0.05, 0.1) is 11.8 Å². The molecule has 0 aliphatic heterocycles. The van der Waals surface area contributed by atoms with Crippen LogP contribution < -0.4 is 10.7 Å². The molecular formula is C30H29ClN4O2S. The van der Waals surface area contributed by atoms with Gasteiger partial charge in [0.2, 0.25) is 0 Å². The molecule has 194 valence electrons. The normalized spacial score (nSPS) is 12.9. The van der Waals surface area contributed by atoms with Gasteiger partial charge in [-0.05, 0) is 88.4 Å². The molecule has 1 aliphatic carbocycles. The van der Waals surface area contributed by atoms with E-state index in [1.54, 1.807) is 41.8 Å². The van der Waals surface area contributed by atoms with Gasteiger partial charge in [0.1, 0.15) is 5.00 Å². The van der Waals surface area contributed by atoms with Gasteiger partial charge >= 0.3 is 0 Å². The number of amides is 2. The van der Waals surface area contributed by atoms with Gasteiger partial charge in [-0.25, -0.2) is 5.43 Å². The van der Waals surface area contributed by atoms with Gasteiger partial charge in [0, 0.05) is 38.1 Å². The summed E-state index contributed by atoms with van der Waals surface area (Å²) in [7, 11) is 0. The summed E-state index contributed by atoms with van der Waals surface area (Å²) in [5.74, 6) is -0.418. The largest absolute Gasteiger partial charge is 0.322 e. The highest BCUT2D eigenvalue weighted by molar-refractivity contribution is 7.15. The van der Waals surface area contributed by atoms with E-state index >= 15 is 0 Å². The molecule has 2 heterocycles. The first kappa shape index (κ1) is 25.9. The van der Waals surface area contributed by atoms with Crippen LogP contribution in [0.15, 0.2) is 59.7 Å². The van der Waals surface area contributed by atoms with Crippen LogP contribution in [0.4, 0.5) is 5.69 Å². The molecule has 0 saturated carbocycles. The van der Waals surface area contributed by atoms with Gasteiger partial charge in [0.25, 0.3) is 11.8 Å². The van der Waals surface area contributed by atoms with Crippen LogP contribution in [0.2, 0.25) is 5.02 Å². The number of benzene rings is 2. The number of nitrogens with zero attached hydrogens (tertiary/aromatic N) is 2. The molecule has 4 aromatic rings. The van der Waals surface area contributed by atoms with E-state index in [0.717, 1.165) is 70.0 Å². The minimum absolute atomic E-state index is 0.0836. The first-order valence-electron chi connectivity index (χ1n) is 12.6. The summed E-state index contributed by atoms with van der Waals surface area (Å²) >= 11 is 7.69. The van der Waals surface area contributed by atoms with E-state index in [2.05, 4.69) is 20.4 Å². The SMILES string of the molecule is Cc1ccc(NC(=O)c2c(-n3c(C)cc(/C=N\NC(=O)c4cccc(Cl)c4)c3C)sc3c2CCCC3)cc1. The Morgan fingerprint density at radius 1 is 1.00 bits per heavy atom. The third kappa shape index (κ3) is 5.30. The van der Waals surface area contributed by atoms with E-state index < -0.39 is 0 Å². The van der Waals surface area contributed by atoms with Crippen molar-refractivity contribution in [2.45, 2.75) is 46.5 Å². The number of anilines is 1. The average Bonchev–Trinajstić information content (AvgIpc) is 3.41. The van der Waals surface area contributed by atoms with Gasteiger partial charge in [0.15, 0.2) is 0 Å². The van der Waals surface area contributed by atoms with Crippen molar-refractivity contribution in [1.82, 2.24) is 9.99 Å². The van der Waals surface area contributed by atoms with E-state index in [0.29, 0.717) is 10.6 Å². The van der Waals surface area contributed by atoms with Crippen LogP contribution in [0.25, 0.3) is 5.00 Å². The first-order chi connectivity index (χ1) is 18.3. The summed E-state index contributed by atoms with van der Waals surface area (Å²) in [6, 6.07) is 16.6. The Hall–Kier alpha value is -3.68. The van der Waals surface area contributed by atoms with Gasteiger partial charge in [-0.2, -0.15) is 5.10 Å². The Morgan fingerprint density at radius 3 is 2.53 bits per heavy atom. The zero-order valence-corrected chi connectivity index (χ0v) is 23.2. The number of rotatable bonds is 6. The van der Waals surface area contributed by atoms with Crippen LogP contribution in [-0.4, -0.2) is 22.6 Å². The van der Waals surface area contributed by atoms with Gasteiger partial charge in [-0.3, -0.25) is 9.59 Å². The predicted octanol–water partition coefficient (Wildman–Crippen LogP) is 7.01. The molecule has 6 nitrogen and oxygen atoms in total. The fourth-order valence-corrected chi connectivity index (χ4v) is 6.55. The van der Waals surface area contributed by atoms with Crippen LogP contribution in [-0.2, 0) is 12.8 Å². The summed E-state index contributed by atoms with van der Waals surface area (Å²) in [5.41, 5.74) is 9.67. The van der Waals surface area contributed by atoms with Crippen LogP contribution >= 0.6 is 22.9 Å². The molecule has 0 fully saturated rings. The van der Waals surface area contributed by atoms with E-state index in [4.69, 9.17) is 11.6 Å². The lowest BCUT2D eigenvalue weighted by Gasteiger charge is -2.14. The topological polar surface area (TPSA) is 75.5 Å². The van der Waals surface area contributed by atoms with Crippen LogP contribution in [0, 0.1) is 20.8 Å². The molecule has 0 radical (unpaired) electrons. The summed E-state index contributed by atoms with van der Waals surface area (Å²) in [5, 5.41) is 8.72. The number of halogens is 1. The molecule has 0 unspecified atom stereocenters. The standard InChI is InChI=1S/C30H29ClN4O2S/c1-18-11-13-24(14-12-18)33-29(37)27-25-9-4-5-10-26(25)38-30(27)35-19(2)15-22(20(35)3)17-32-34-28(36)21-7-6-8-23(31)16-21/h6-8,11-17H,4-5,9-10H2,1-3H3,(H,33,37)(H,34,36)/b32-17-. The quantitative estimate of drug-likeness (QED) is 0.202. The van der Waals surface area contributed by atoms with Crippen molar-refractivity contribution in [2.24, 2.45) is 5.10 Å². The summed E-state index contributed by atoms with van der Waals surface area (Å²) in [6.07, 6.45) is 5.77. The number of aromatic nitrogens is 1. The highest BCUT2D eigenvalue weighted by Crippen LogP contribution is 2.39. The molecule has 8 heteroatoms. The van der Waals surface area contributed by atoms with Gasteiger partial charge < -0.3 is 9.88 Å². The number of hydrazone groups is 1. The van der Waals surface area contributed by atoms with Crippen molar-refractivity contribution in [3.63, 3.8) is 0 Å². The smallest absolute Gasteiger partial charge is 0.271 e. The number of thiophene rings is 1. The fraction of sp³-hybridized carbons (Fsp3) is 0.233. The zero-order chi connectivity index (χ0) is 26.8. The van der Waals surface area contributed by atoms with Crippen molar-refractivity contribution >= 4 is 46.7 Å². The summed E-state index contributed by atoms with van der Waals surface area (Å²) in [6.45, 7) is 6.06. The highest BCUT2D eigenvalue weighted by atomic mass is 35.5. The molecule has 0 saturated heterocycles. The zero-order valence-electron chi connectivity index (χ0n) is 21.6. The molecule has 1 aliphatic rings. The molecule has 38 heavy (non-hydrogen) atoms. The molecule has 2 aromatic carbocycles. The Balaban J connectivity index is 1.45. The van der Waals surface area contributed by atoms with Crippen molar-refractivity contribution in [2.75, 3.05) is 5.32 Å². The second-order valence-corrected chi connectivity index (χ2v) is 11.1. The van der Waals surface area contributed by atoms with Crippen LogP contribution in [0.5, 0.6) is 0 Å². The third-order valence-electron chi connectivity index (χ3n) is 6.82. The number of hydrogen-bond donors (Lipinski definition) is 2. The van der Waals surface area contributed by atoms with Crippen molar-refractivity contribution in [3.05, 3.63) is 104 Å². The highest BCUT2D eigenvalue weighted by Gasteiger charge is 2.28. The van der Waals surface area contributed by atoms with Gasteiger partial charge in [-0.15, -0.1) is 11.3 Å². The second-order valence-electron chi connectivity index (χ2n) is 9.58. The number of carbonyl (C=O) groups is 2. The molecule has 2 amide bonds.